The largest absolute Gasteiger partial charge is 0.497 e. The van der Waals surface area contributed by atoms with Crippen molar-refractivity contribution < 1.29 is 23.7 Å². The number of ether oxygens (including phenoxy) is 4. The van der Waals surface area contributed by atoms with Crippen molar-refractivity contribution in [1.29, 1.82) is 0 Å². The minimum absolute atomic E-state index is 0.108. The lowest BCUT2D eigenvalue weighted by molar-refractivity contribution is -0.118. The van der Waals surface area contributed by atoms with Gasteiger partial charge in [-0.2, -0.15) is 0 Å². The molecule has 5 aromatic rings. The monoisotopic (exact) mass is 578 g/mol. The first kappa shape index (κ1) is 28.1. The highest BCUT2D eigenvalue weighted by atomic mass is 16.5. The summed E-state index contributed by atoms with van der Waals surface area (Å²) in [6, 6.07) is 25.2. The van der Waals surface area contributed by atoms with Crippen molar-refractivity contribution in [3.05, 3.63) is 102 Å². The van der Waals surface area contributed by atoms with E-state index < -0.39 is 0 Å². The van der Waals surface area contributed by atoms with Gasteiger partial charge >= 0.3 is 0 Å². The first-order chi connectivity index (χ1) is 21.0. The maximum Gasteiger partial charge on any atom is 0.262 e. The van der Waals surface area contributed by atoms with Gasteiger partial charge in [0, 0.05) is 43.1 Å². The van der Waals surface area contributed by atoms with Crippen LogP contribution in [0, 0.1) is 0 Å². The summed E-state index contributed by atoms with van der Waals surface area (Å²) >= 11 is 0. The van der Waals surface area contributed by atoms with Gasteiger partial charge in [0.05, 0.1) is 32.7 Å². The molecular formula is C34H34N4O5. The molecule has 0 spiro atoms. The van der Waals surface area contributed by atoms with E-state index in [2.05, 4.69) is 32.9 Å². The number of fused-ring (bicyclic) bond motifs is 2. The van der Waals surface area contributed by atoms with E-state index in [1.807, 2.05) is 54.6 Å². The van der Waals surface area contributed by atoms with Gasteiger partial charge in [-0.25, -0.2) is 4.98 Å². The average Bonchev–Trinajstić information content (AvgIpc) is 3.41. The fourth-order valence-electron chi connectivity index (χ4n) is 5.47. The first-order valence-corrected chi connectivity index (χ1v) is 14.1. The van der Waals surface area contributed by atoms with E-state index in [9.17, 15) is 4.79 Å². The summed E-state index contributed by atoms with van der Waals surface area (Å²) in [6.07, 6.45) is 2.99. The predicted octanol–water partition coefficient (Wildman–Crippen LogP) is 5.60. The van der Waals surface area contributed by atoms with Gasteiger partial charge in [0.2, 0.25) is 0 Å². The summed E-state index contributed by atoms with van der Waals surface area (Å²) in [5.74, 6) is 2.51. The molecule has 0 unspecified atom stereocenters. The van der Waals surface area contributed by atoms with Crippen LogP contribution < -0.4 is 24.3 Å². The van der Waals surface area contributed by atoms with Gasteiger partial charge in [-0.15, -0.1) is 0 Å². The molecule has 2 aromatic heterocycles. The zero-order valence-electron chi connectivity index (χ0n) is 24.5. The summed E-state index contributed by atoms with van der Waals surface area (Å²) in [5.41, 5.74) is 7.13. The first-order valence-electron chi connectivity index (χ1n) is 14.1. The molecule has 1 amide bonds. The number of hydrogen-bond acceptors (Lipinski definition) is 7. The maximum absolute atomic E-state index is 12.5. The van der Waals surface area contributed by atoms with Crippen LogP contribution in [-0.4, -0.2) is 54.7 Å². The lowest BCUT2D eigenvalue weighted by Crippen LogP contribution is -2.30. The number of amides is 1. The Labute approximate surface area is 250 Å². The summed E-state index contributed by atoms with van der Waals surface area (Å²) in [6.45, 7) is 2.35. The number of carbonyl (C=O) groups is 1. The standard InChI is InChI=1S/C34H34N4O5/c1-40-27-7-6-8-28(19-27)43-22-33(39)35-26-12-10-23(11-13-26)34-29(38-15-5-4-9-32(38)36-34)21-37-16-14-24-17-30(41-2)31(42-3)18-25(24)20-37/h4-13,15,17-19H,14,16,20-22H2,1-3H3,(H,35,39). The minimum Gasteiger partial charge on any atom is -0.497 e. The van der Waals surface area contributed by atoms with Crippen molar-refractivity contribution in [2.24, 2.45) is 0 Å². The Bertz CT molecular complexity index is 1750. The van der Waals surface area contributed by atoms with Crippen molar-refractivity contribution in [2.45, 2.75) is 19.5 Å². The van der Waals surface area contributed by atoms with Gasteiger partial charge in [0.25, 0.3) is 5.91 Å². The van der Waals surface area contributed by atoms with E-state index in [0.29, 0.717) is 17.2 Å². The van der Waals surface area contributed by atoms with Crippen LogP contribution in [0.4, 0.5) is 5.69 Å². The SMILES string of the molecule is COc1cccc(OCC(=O)Nc2ccc(-c3nc4ccccn4c3CN3CCc4cc(OC)c(OC)cc4C3)cc2)c1. The maximum atomic E-state index is 12.5. The number of carbonyl (C=O) groups excluding carboxylic acids is 1. The molecular weight excluding hydrogens is 544 g/mol. The Balaban J connectivity index is 1.18. The highest BCUT2D eigenvalue weighted by molar-refractivity contribution is 5.92. The van der Waals surface area contributed by atoms with E-state index in [0.717, 1.165) is 60.2 Å². The van der Waals surface area contributed by atoms with Crippen LogP contribution in [0.1, 0.15) is 16.8 Å². The number of imidazole rings is 1. The van der Waals surface area contributed by atoms with E-state index in [1.54, 1.807) is 33.5 Å². The fourth-order valence-corrected chi connectivity index (χ4v) is 5.47. The van der Waals surface area contributed by atoms with Gasteiger partial charge in [-0.3, -0.25) is 9.69 Å². The van der Waals surface area contributed by atoms with E-state index in [-0.39, 0.29) is 12.5 Å². The highest BCUT2D eigenvalue weighted by Gasteiger charge is 2.23. The van der Waals surface area contributed by atoms with Crippen molar-refractivity contribution in [2.75, 3.05) is 39.8 Å². The van der Waals surface area contributed by atoms with Crippen molar-refractivity contribution >= 4 is 17.2 Å². The summed E-state index contributed by atoms with van der Waals surface area (Å²) in [4.78, 5) is 20.0. The average molecular weight is 579 g/mol. The number of hydrogen-bond donors (Lipinski definition) is 1. The van der Waals surface area contributed by atoms with Crippen LogP contribution in [0.25, 0.3) is 16.9 Å². The molecule has 1 N–H and O–H groups in total. The molecule has 6 rings (SSSR count). The second-order valence-electron chi connectivity index (χ2n) is 10.4. The lowest BCUT2D eigenvalue weighted by Gasteiger charge is -2.29. The zero-order valence-corrected chi connectivity index (χ0v) is 24.5. The van der Waals surface area contributed by atoms with Crippen molar-refractivity contribution in [3.63, 3.8) is 0 Å². The Morgan fingerprint density at radius 2 is 1.63 bits per heavy atom. The molecule has 3 aromatic carbocycles. The second-order valence-corrected chi connectivity index (χ2v) is 10.4. The number of methoxy groups -OCH3 is 3. The molecule has 0 aliphatic carbocycles. The van der Waals surface area contributed by atoms with E-state index in [4.69, 9.17) is 23.9 Å². The van der Waals surface area contributed by atoms with Crippen molar-refractivity contribution in [3.8, 4) is 34.3 Å². The number of benzene rings is 3. The third-order valence-corrected chi connectivity index (χ3v) is 7.65. The Kier molecular flexibility index (Phi) is 8.15. The Morgan fingerprint density at radius 1 is 0.860 bits per heavy atom. The van der Waals surface area contributed by atoms with E-state index in [1.165, 1.54) is 11.1 Å². The number of nitrogens with zero attached hydrogens (tertiary/aromatic N) is 3. The van der Waals surface area contributed by atoms with Crippen LogP contribution in [0.15, 0.2) is 85.1 Å². The second kappa shape index (κ2) is 12.5. The normalized spacial score (nSPS) is 12.9. The smallest absolute Gasteiger partial charge is 0.262 e. The summed E-state index contributed by atoms with van der Waals surface area (Å²) in [5, 5.41) is 2.91. The van der Waals surface area contributed by atoms with Crippen LogP contribution in [0.3, 0.4) is 0 Å². The molecule has 9 heteroatoms. The van der Waals surface area contributed by atoms with Gasteiger partial charge < -0.3 is 28.7 Å². The highest BCUT2D eigenvalue weighted by Crippen LogP contribution is 2.34. The van der Waals surface area contributed by atoms with E-state index >= 15 is 0 Å². The zero-order chi connectivity index (χ0) is 29.8. The topological polar surface area (TPSA) is 86.6 Å². The van der Waals surface area contributed by atoms with Crippen LogP contribution in [0.2, 0.25) is 0 Å². The molecule has 0 radical (unpaired) electrons. The molecule has 0 saturated heterocycles. The fraction of sp³-hybridized carbons (Fsp3) is 0.235. The molecule has 0 atom stereocenters. The molecule has 0 bridgehead atoms. The minimum atomic E-state index is -0.247. The summed E-state index contributed by atoms with van der Waals surface area (Å²) in [7, 11) is 4.93. The van der Waals surface area contributed by atoms with Gasteiger partial charge in [0.1, 0.15) is 17.1 Å². The molecule has 0 fully saturated rings. The number of aromatic nitrogens is 2. The van der Waals surface area contributed by atoms with Crippen LogP contribution in [-0.2, 0) is 24.3 Å². The lowest BCUT2D eigenvalue weighted by atomic mass is 9.98. The quantitative estimate of drug-likeness (QED) is 0.231. The van der Waals surface area contributed by atoms with Crippen LogP contribution in [0.5, 0.6) is 23.0 Å². The number of pyridine rings is 1. The molecule has 9 nitrogen and oxygen atoms in total. The third-order valence-electron chi connectivity index (χ3n) is 7.65. The summed E-state index contributed by atoms with van der Waals surface area (Å²) < 4.78 is 24.1. The molecule has 1 aliphatic rings. The predicted molar refractivity (Wildman–Crippen MR) is 165 cm³/mol. The van der Waals surface area contributed by atoms with Gasteiger partial charge in [0.15, 0.2) is 18.1 Å². The van der Waals surface area contributed by atoms with Gasteiger partial charge in [-0.1, -0.05) is 24.3 Å². The van der Waals surface area contributed by atoms with Crippen LogP contribution >= 0.6 is 0 Å². The third kappa shape index (κ3) is 6.12. The number of anilines is 1. The van der Waals surface area contributed by atoms with Gasteiger partial charge in [-0.05, 0) is 66.1 Å². The number of rotatable bonds is 10. The molecule has 0 saturated carbocycles. The Morgan fingerprint density at radius 3 is 2.40 bits per heavy atom. The Hall–Kier alpha value is -5.02. The molecule has 3 heterocycles. The van der Waals surface area contributed by atoms with Crippen molar-refractivity contribution in [1.82, 2.24) is 14.3 Å². The number of nitrogens with one attached hydrogen (secondary N) is 1. The molecule has 43 heavy (non-hydrogen) atoms. The molecule has 220 valence electrons. The molecule has 1 aliphatic heterocycles.